The summed E-state index contributed by atoms with van der Waals surface area (Å²) in [6.45, 7) is 0.978. The van der Waals surface area contributed by atoms with Gasteiger partial charge in [-0.25, -0.2) is 18.1 Å². The molecule has 1 atom stereocenters. The lowest BCUT2D eigenvalue weighted by atomic mass is 10.1. The molecule has 24 heavy (non-hydrogen) atoms. The van der Waals surface area contributed by atoms with E-state index in [1.807, 2.05) is 13.2 Å². The summed E-state index contributed by atoms with van der Waals surface area (Å²) in [6.07, 6.45) is 6.18. The van der Waals surface area contributed by atoms with E-state index in [4.69, 9.17) is 0 Å². The quantitative estimate of drug-likeness (QED) is 0.855. The number of amides is 1. The highest BCUT2D eigenvalue weighted by molar-refractivity contribution is 7.88. The van der Waals surface area contributed by atoms with Crippen molar-refractivity contribution in [2.75, 3.05) is 19.3 Å². The van der Waals surface area contributed by atoms with Gasteiger partial charge in [0.25, 0.3) is 5.91 Å². The maximum atomic E-state index is 12.6. The van der Waals surface area contributed by atoms with Gasteiger partial charge in [0.2, 0.25) is 10.0 Å². The zero-order chi connectivity index (χ0) is 17.3. The number of hydrogen-bond acceptors (Lipinski definition) is 6. The molecule has 0 saturated carbocycles. The Labute approximate surface area is 144 Å². The third-order valence-corrected chi connectivity index (χ3v) is 5.42. The molecule has 0 radical (unpaired) electrons. The molecule has 1 unspecified atom stereocenters. The van der Waals surface area contributed by atoms with Gasteiger partial charge in [-0.2, -0.15) is 5.10 Å². The first-order chi connectivity index (χ1) is 11.3. The highest BCUT2D eigenvalue weighted by atomic mass is 32.2. The molecule has 1 N–H and O–H groups in total. The van der Waals surface area contributed by atoms with Crippen LogP contribution >= 0.6 is 11.3 Å². The first-order valence-corrected chi connectivity index (χ1v) is 10.3. The van der Waals surface area contributed by atoms with E-state index >= 15 is 0 Å². The van der Waals surface area contributed by atoms with Gasteiger partial charge in [-0.1, -0.05) is 0 Å². The predicted molar refractivity (Wildman–Crippen MR) is 91.2 cm³/mol. The molecule has 2 aromatic rings. The summed E-state index contributed by atoms with van der Waals surface area (Å²) in [4.78, 5) is 18.7. The van der Waals surface area contributed by atoms with Gasteiger partial charge in [-0.3, -0.25) is 9.48 Å². The smallest absolute Gasteiger partial charge is 0.273 e. The monoisotopic (exact) mass is 369 g/mol. The van der Waals surface area contributed by atoms with Gasteiger partial charge in [-0.05, 0) is 12.8 Å². The van der Waals surface area contributed by atoms with Crippen LogP contribution in [0, 0.1) is 0 Å². The Bertz CT molecular complexity index is 842. The van der Waals surface area contributed by atoms with E-state index in [2.05, 4.69) is 14.8 Å². The van der Waals surface area contributed by atoms with E-state index in [1.54, 1.807) is 21.2 Å². The Morgan fingerprint density at radius 1 is 1.46 bits per heavy atom. The molecular weight excluding hydrogens is 350 g/mol. The van der Waals surface area contributed by atoms with Crippen LogP contribution in [-0.4, -0.2) is 59.4 Å². The number of nitrogens with one attached hydrogen (secondary N) is 1. The van der Waals surface area contributed by atoms with Gasteiger partial charge in [0, 0.05) is 43.3 Å². The molecule has 8 nitrogen and oxygen atoms in total. The van der Waals surface area contributed by atoms with Gasteiger partial charge >= 0.3 is 0 Å². The summed E-state index contributed by atoms with van der Waals surface area (Å²) in [6, 6.07) is -0.242. The molecule has 1 fully saturated rings. The van der Waals surface area contributed by atoms with Crippen molar-refractivity contribution in [3.05, 3.63) is 23.5 Å². The first-order valence-electron chi connectivity index (χ1n) is 7.53. The molecule has 1 amide bonds. The van der Waals surface area contributed by atoms with Crippen molar-refractivity contribution in [1.82, 2.24) is 24.4 Å². The van der Waals surface area contributed by atoms with Gasteiger partial charge in [0.05, 0.1) is 12.5 Å². The Morgan fingerprint density at radius 2 is 2.25 bits per heavy atom. The first kappa shape index (κ1) is 17.1. The number of likely N-dealkylation sites (tertiary alicyclic amines) is 1. The van der Waals surface area contributed by atoms with Crippen LogP contribution in [0.5, 0.6) is 0 Å². The Balaban J connectivity index is 1.71. The van der Waals surface area contributed by atoms with Crippen LogP contribution in [0.2, 0.25) is 0 Å². The Hall–Kier alpha value is -1.78. The Kier molecular flexibility index (Phi) is 4.70. The van der Waals surface area contributed by atoms with Crippen LogP contribution in [0.25, 0.3) is 10.6 Å². The second-order valence-electron chi connectivity index (χ2n) is 5.92. The number of hydrogen-bond donors (Lipinski definition) is 1. The van der Waals surface area contributed by atoms with Crippen molar-refractivity contribution in [2.45, 2.75) is 18.9 Å². The number of aryl methyl sites for hydroxylation is 1. The number of rotatable bonds is 4. The summed E-state index contributed by atoms with van der Waals surface area (Å²) < 4.78 is 27.0. The van der Waals surface area contributed by atoms with Crippen LogP contribution < -0.4 is 4.72 Å². The zero-order valence-corrected chi connectivity index (χ0v) is 15.1. The molecule has 3 rings (SSSR count). The van der Waals surface area contributed by atoms with E-state index in [-0.39, 0.29) is 11.9 Å². The summed E-state index contributed by atoms with van der Waals surface area (Å²) in [5.41, 5.74) is 1.26. The van der Waals surface area contributed by atoms with Crippen LogP contribution in [0.15, 0.2) is 17.8 Å². The number of sulfonamides is 1. The molecule has 0 bridgehead atoms. The van der Waals surface area contributed by atoms with Crippen molar-refractivity contribution in [3.8, 4) is 10.6 Å². The average Bonchev–Trinajstić information content (AvgIpc) is 3.13. The molecule has 10 heteroatoms. The number of thiazole rings is 1. The number of piperidine rings is 1. The number of nitrogens with zero attached hydrogens (tertiary/aromatic N) is 4. The normalized spacial score (nSPS) is 18.8. The SMILES string of the molecule is Cn1cc(-c2nc(C(=O)N3CCCC(NS(C)(=O)=O)C3)cs2)cn1. The molecule has 2 aromatic heterocycles. The second-order valence-corrected chi connectivity index (χ2v) is 8.56. The number of aromatic nitrogens is 3. The number of carbonyl (C=O) groups is 1. The fraction of sp³-hybridized carbons (Fsp3) is 0.500. The molecular formula is C14H19N5O3S2. The molecule has 0 spiro atoms. The Morgan fingerprint density at radius 3 is 2.92 bits per heavy atom. The fourth-order valence-electron chi connectivity index (χ4n) is 2.76. The van der Waals surface area contributed by atoms with Crippen molar-refractivity contribution in [3.63, 3.8) is 0 Å². The summed E-state index contributed by atoms with van der Waals surface area (Å²) >= 11 is 1.40. The van der Waals surface area contributed by atoms with Crippen molar-refractivity contribution in [2.24, 2.45) is 7.05 Å². The van der Waals surface area contributed by atoms with E-state index in [0.29, 0.717) is 18.8 Å². The molecule has 3 heterocycles. The van der Waals surface area contributed by atoms with Gasteiger partial charge in [0.1, 0.15) is 10.7 Å². The van der Waals surface area contributed by atoms with Crippen LogP contribution in [0.4, 0.5) is 0 Å². The van der Waals surface area contributed by atoms with Crippen LogP contribution in [0.1, 0.15) is 23.3 Å². The summed E-state index contributed by atoms with van der Waals surface area (Å²) in [7, 11) is -1.45. The molecule has 1 saturated heterocycles. The standard InChI is InChI=1S/C14H19N5O3S2/c1-18-7-10(6-15-18)13-16-12(9-23-13)14(20)19-5-3-4-11(8-19)17-24(2,21)22/h6-7,9,11,17H,3-5,8H2,1-2H3. The lowest BCUT2D eigenvalue weighted by Crippen LogP contribution is -2.49. The fourth-order valence-corrected chi connectivity index (χ4v) is 4.33. The largest absolute Gasteiger partial charge is 0.336 e. The van der Waals surface area contributed by atoms with Gasteiger partial charge < -0.3 is 4.90 Å². The highest BCUT2D eigenvalue weighted by Crippen LogP contribution is 2.24. The third-order valence-electron chi connectivity index (χ3n) is 3.76. The minimum atomic E-state index is -3.28. The van der Waals surface area contributed by atoms with Gasteiger partial charge in [0.15, 0.2) is 0 Å². The molecule has 1 aliphatic rings. The molecule has 130 valence electrons. The van der Waals surface area contributed by atoms with Crippen molar-refractivity contribution in [1.29, 1.82) is 0 Å². The molecule has 0 aromatic carbocycles. The lowest BCUT2D eigenvalue weighted by Gasteiger charge is -2.32. The van der Waals surface area contributed by atoms with Crippen LogP contribution in [-0.2, 0) is 17.1 Å². The topological polar surface area (TPSA) is 97.2 Å². The maximum absolute atomic E-state index is 12.6. The zero-order valence-electron chi connectivity index (χ0n) is 13.5. The molecule has 1 aliphatic heterocycles. The second kappa shape index (κ2) is 6.61. The minimum Gasteiger partial charge on any atom is -0.336 e. The number of carbonyl (C=O) groups excluding carboxylic acids is 1. The van der Waals surface area contributed by atoms with Crippen LogP contribution in [0.3, 0.4) is 0 Å². The third kappa shape index (κ3) is 4.00. The van der Waals surface area contributed by atoms with E-state index in [9.17, 15) is 13.2 Å². The van der Waals surface area contributed by atoms with E-state index < -0.39 is 10.0 Å². The van der Waals surface area contributed by atoms with E-state index in [1.165, 1.54) is 11.3 Å². The molecule has 0 aliphatic carbocycles. The predicted octanol–water partition coefficient (Wildman–Crippen LogP) is 0.697. The maximum Gasteiger partial charge on any atom is 0.273 e. The lowest BCUT2D eigenvalue weighted by molar-refractivity contribution is 0.0698. The summed E-state index contributed by atoms with van der Waals surface area (Å²) in [5, 5.41) is 6.58. The van der Waals surface area contributed by atoms with Crippen molar-refractivity contribution >= 4 is 27.3 Å². The highest BCUT2D eigenvalue weighted by Gasteiger charge is 2.27. The average molecular weight is 369 g/mol. The van der Waals surface area contributed by atoms with Gasteiger partial charge in [-0.15, -0.1) is 11.3 Å². The minimum absolute atomic E-state index is 0.165. The van der Waals surface area contributed by atoms with E-state index in [0.717, 1.165) is 29.7 Å². The summed E-state index contributed by atoms with van der Waals surface area (Å²) in [5.74, 6) is -0.165. The van der Waals surface area contributed by atoms with Crippen molar-refractivity contribution < 1.29 is 13.2 Å².